The summed E-state index contributed by atoms with van der Waals surface area (Å²) in [5.74, 6) is 0.410. The molecule has 0 unspecified atom stereocenters. The van der Waals surface area contributed by atoms with Crippen LogP contribution in [-0.4, -0.2) is 35.6 Å². The summed E-state index contributed by atoms with van der Waals surface area (Å²) in [5.41, 5.74) is 2.78. The van der Waals surface area contributed by atoms with Gasteiger partial charge in [0.1, 0.15) is 11.5 Å². The number of Topliss-reactive ketones (excluding diaryl/α,β-unsaturated/α-hetero) is 1. The van der Waals surface area contributed by atoms with Crippen LogP contribution in [0.4, 0.5) is 0 Å². The minimum Gasteiger partial charge on any atom is -0.457 e. The molecule has 0 bridgehead atoms. The third-order valence-corrected chi connectivity index (χ3v) is 5.67. The van der Waals surface area contributed by atoms with E-state index in [1.165, 1.54) is 0 Å². The Kier molecular flexibility index (Phi) is 6.71. The summed E-state index contributed by atoms with van der Waals surface area (Å²) in [7, 11) is 0. The smallest absolute Gasteiger partial charge is 0.338 e. The number of hydrogen-bond donors (Lipinski definition) is 0. The van der Waals surface area contributed by atoms with Gasteiger partial charge >= 0.3 is 5.97 Å². The van der Waals surface area contributed by atoms with Gasteiger partial charge in [-0.05, 0) is 63.1 Å². The molecule has 6 nitrogen and oxygen atoms in total. The van der Waals surface area contributed by atoms with Crippen molar-refractivity contribution in [2.45, 2.75) is 39.3 Å². The summed E-state index contributed by atoms with van der Waals surface area (Å²) in [6.45, 7) is 5.11. The lowest BCUT2D eigenvalue weighted by Gasteiger charge is -2.14. The van der Waals surface area contributed by atoms with Gasteiger partial charge in [0.25, 0.3) is 0 Å². The lowest BCUT2D eigenvalue weighted by atomic mass is 10.1. The monoisotopic (exact) mass is 433 g/mol. The molecule has 1 aromatic heterocycles. The largest absolute Gasteiger partial charge is 0.457 e. The molecule has 0 amide bonds. The third kappa shape index (κ3) is 5.08. The molecule has 0 saturated carbocycles. The van der Waals surface area contributed by atoms with Gasteiger partial charge in [-0.15, -0.1) is 0 Å². The maximum absolute atomic E-state index is 12.8. The zero-order valence-electron chi connectivity index (χ0n) is 18.4. The van der Waals surface area contributed by atoms with Crippen molar-refractivity contribution in [1.82, 2.24) is 4.57 Å². The molecule has 6 heteroatoms. The van der Waals surface area contributed by atoms with Crippen LogP contribution < -0.4 is 4.74 Å². The van der Waals surface area contributed by atoms with Gasteiger partial charge in [0.05, 0.1) is 11.7 Å². The van der Waals surface area contributed by atoms with Crippen LogP contribution in [0, 0.1) is 13.8 Å². The number of nitrogens with zero attached hydrogens (tertiary/aromatic N) is 1. The number of esters is 1. The van der Waals surface area contributed by atoms with Gasteiger partial charge in [-0.1, -0.05) is 24.3 Å². The van der Waals surface area contributed by atoms with Gasteiger partial charge in [-0.25, -0.2) is 4.79 Å². The van der Waals surface area contributed by atoms with Crippen molar-refractivity contribution < 1.29 is 23.8 Å². The topological polar surface area (TPSA) is 66.8 Å². The summed E-state index contributed by atoms with van der Waals surface area (Å²) in [6, 6.07) is 17.9. The second kappa shape index (κ2) is 9.83. The summed E-state index contributed by atoms with van der Waals surface area (Å²) in [5, 5.41) is 0. The number of para-hydroxylation sites is 1. The van der Waals surface area contributed by atoms with E-state index in [0.29, 0.717) is 22.6 Å². The Morgan fingerprint density at radius 1 is 1.03 bits per heavy atom. The average molecular weight is 434 g/mol. The SMILES string of the molecule is Cc1cc(C(=O)COC(=O)c2cccc(Oc3ccccc3)c2)c(C)n1C[C@H]1CCCO1. The van der Waals surface area contributed by atoms with E-state index in [2.05, 4.69) is 4.57 Å². The fourth-order valence-corrected chi connectivity index (χ4v) is 3.96. The van der Waals surface area contributed by atoms with Crippen molar-refractivity contribution in [1.29, 1.82) is 0 Å². The number of aryl methyl sites for hydroxylation is 1. The van der Waals surface area contributed by atoms with E-state index in [9.17, 15) is 9.59 Å². The molecule has 1 aliphatic rings. The molecule has 1 fully saturated rings. The summed E-state index contributed by atoms with van der Waals surface area (Å²) in [6.07, 6.45) is 2.29. The molecule has 166 valence electrons. The second-order valence-corrected chi connectivity index (χ2v) is 7.97. The first-order chi connectivity index (χ1) is 15.5. The molecular formula is C26H27NO5. The quantitative estimate of drug-likeness (QED) is 0.365. The van der Waals surface area contributed by atoms with Gasteiger partial charge in [0.2, 0.25) is 5.78 Å². The molecule has 1 saturated heterocycles. The molecule has 2 heterocycles. The maximum atomic E-state index is 12.8. The molecule has 0 radical (unpaired) electrons. The van der Waals surface area contributed by atoms with E-state index in [-0.39, 0.29) is 18.5 Å². The third-order valence-electron chi connectivity index (χ3n) is 5.67. The Labute approximate surface area is 187 Å². The van der Waals surface area contributed by atoms with Crippen LogP contribution in [0.15, 0.2) is 60.7 Å². The average Bonchev–Trinajstić information content (AvgIpc) is 3.42. The molecule has 0 spiro atoms. The lowest BCUT2D eigenvalue weighted by molar-refractivity contribution is 0.0474. The van der Waals surface area contributed by atoms with Gasteiger partial charge in [0.15, 0.2) is 6.61 Å². The Hall–Kier alpha value is -3.38. The highest BCUT2D eigenvalue weighted by Gasteiger charge is 2.22. The Morgan fingerprint density at radius 2 is 1.81 bits per heavy atom. The Morgan fingerprint density at radius 3 is 2.56 bits per heavy atom. The zero-order valence-corrected chi connectivity index (χ0v) is 18.4. The van der Waals surface area contributed by atoms with E-state index >= 15 is 0 Å². The number of benzene rings is 2. The van der Waals surface area contributed by atoms with Crippen LogP contribution in [0.3, 0.4) is 0 Å². The van der Waals surface area contributed by atoms with Crippen molar-refractivity contribution in [3.63, 3.8) is 0 Å². The standard InChI is InChI=1S/C26H27NO5/c1-18-14-24(19(2)27(18)16-23-12-7-13-30-23)25(28)17-31-26(29)20-8-6-11-22(15-20)32-21-9-4-3-5-10-21/h3-6,8-11,14-15,23H,7,12-13,16-17H2,1-2H3/t23-/m1/s1. The highest BCUT2D eigenvalue weighted by molar-refractivity contribution is 6.00. The normalized spacial score (nSPS) is 15.5. The van der Waals surface area contributed by atoms with E-state index in [1.807, 2.05) is 50.2 Å². The summed E-state index contributed by atoms with van der Waals surface area (Å²) < 4.78 is 18.9. The number of ether oxygens (including phenoxy) is 3. The summed E-state index contributed by atoms with van der Waals surface area (Å²) in [4.78, 5) is 25.3. The van der Waals surface area contributed by atoms with Gasteiger partial charge < -0.3 is 18.8 Å². The Bertz CT molecular complexity index is 1100. The van der Waals surface area contributed by atoms with Crippen LogP contribution in [0.25, 0.3) is 0 Å². The Balaban J connectivity index is 1.38. The van der Waals surface area contributed by atoms with E-state index in [1.54, 1.807) is 24.3 Å². The molecule has 3 aromatic rings. The predicted octanol–water partition coefficient (Wildman–Crippen LogP) is 5.12. The van der Waals surface area contributed by atoms with Crippen LogP contribution in [-0.2, 0) is 16.0 Å². The molecule has 0 N–H and O–H groups in total. The fraction of sp³-hybridized carbons (Fsp3) is 0.308. The van der Waals surface area contributed by atoms with Crippen LogP contribution >= 0.6 is 0 Å². The number of hydrogen-bond acceptors (Lipinski definition) is 5. The molecule has 4 rings (SSSR count). The van der Waals surface area contributed by atoms with Crippen molar-refractivity contribution >= 4 is 11.8 Å². The zero-order chi connectivity index (χ0) is 22.5. The molecule has 0 aliphatic carbocycles. The molecule has 1 atom stereocenters. The van der Waals surface area contributed by atoms with Crippen LogP contribution in [0.1, 0.15) is 44.9 Å². The van der Waals surface area contributed by atoms with Crippen molar-refractivity contribution in [3.8, 4) is 11.5 Å². The minimum absolute atomic E-state index is 0.186. The molecular weight excluding hydrogens is 406 g/mol. The first-order valence-corrected chi connectivity index (χ1v) is 10.8. The van der Waals surface area contributed by atoms with Crippen LogP contribution in [0.5, 0.6) is 11.5 Å². The number of aromatic nitrogens is 1. The first kappa shape index (κ1) is 21.8. The first-order valence-electron chi connectivity index (χ1n) is 10.8. The highest BCUT2D eigenvalue weighted by atomic mass is 16.5. The van der Waals surface area contributed by atoms with Gasteiger partial charge in [0, 0.05) is 30.1 Å². The second-order valence-electron chi connectivity index (χ2n) is 7.97. The number of carbonyl (C=O) groups is 2. The van der Waals surface area contributed by atoms with Crippen LogP contribution in [0.2, 0.25) is 0 Å². The predicted molar refractivity (Wildman–Crippen MR) is 120 cm³/mol. The molecule has 32 heavy (non-hydrogen) atoms. The van der Waals surface area contributed by atoms with Crippen molar-refractivity contribution in [3.05, 3.63) is 83.2 Å². The van der Waals surface area contributed by atoms with E-state index < -0.39 is 5.97 Å². The molecule has 2 aromatic carbocycles. The van der Waals surface area contributed by atoms with Crippen molar-refractivity contribution in [2.24, 2.45) is 0 Å². The fourth-order valence-electron chi connectivity index (χ4n) is 3.96. The minimum atomic E-state index is -0.565. The van der Waals surface area contributed by atoms with Gasteiger partial charge in [-0.3, -0.25) is 4.79 Å². The molecule has 1 aliphatic heterocycles. The maximum Gasteiger partial charge on any atom is 0.338 e. The highest BCUT2D eigenvalue weighted by Crippen LogP contribution is 2.23. The number of ketones is 1. The summed E-state index contributed by atoms with van der Waals surface area (Å²) >= 11 is 0. The number of carbonyl (C=O) groups excluding carboxylic acids is 2. The number of rotatable bonds is 8. The lowest BCUT2D eigenvalue weighted by Crippen LogP contribution is -2.18. The van der Waals surface area contributed by atoms with Crippen molar-refractivity contribution in [2.75, 3.05) is 13.2 Å². The van der Waals surface area contributed by atoms with Gasteiger partial charge in [-0.2, -0.15) is 0 Å². The van der Waals surface area contributed by atoms with E-state index in [0.717, 1.165) is 37.4 Å². The van der Waals surface area contributed by atoms with E-state index in [4.69, 9.17) is 14.2 Å².